The molecule has 0 spiro atoms. The number of aromatic nitrogens is 2. The van der Waals surface area contributed by atoms with E-state index in [-0.39, 0.29) is 23.3 Å². The van der Waals surface area contributed by atoms with Crippen LogP contribution in [0.15, 0.2) is 49.1 Å². The molecule has 2 amide bonds. The van der Waals surface area contributed by atoms with Crippen molar-refractivity contribution in [3.8, 4) is 0 Å². The first-order valence-electron chi connectivity index (χ1n) is 9.14. The van der Waals surface area contributed by atoms with E-state index in [0.717, 1.165) is 5.56 Å². The van der Waals surface area contributed by atoms with Gasteiger partial charge in [-0.2, -0.15) is 0 Å². The van der Waals surface area contributed by atoms with Crippen LogP contribution in [0.2, 0.25) is 0 Å². The van der Waals surface area contributed by atoms with Crippen LogP contribution in [-0.4, -0.2) is 50.6 Å². The van der Waals surface area contributed by atoms with Gasteiger partial charge in [0.05, 0.1) is 5.75 Å². The Kier molecular flexibility index (Phi) is 8.26. The van der Waals surface area contributed by atoms with E-state index in [1.807, 2.05) is 6.07 Å². The molecule has 0 bridgehead atoms. The van der Waals surface area contributed by atoms with Crippen LogP contribution in [-0.2, 0) is 16.1 Å². The quantitative estimate of drug-likeness (QED) is 0.683. The van der Waals surface area contributed by atoms with Crippen molar-refractivity contribution in [1.29, 1.82) is 0 Å². The summed E-state index contributed by atoms with van der Waals surface area (Å²) in [7, 11) is 0. The zero-order valence-electron chi connectivity index (χ0n) is 16.8. The van der Waals surface area contributed by atoms with E-state index in [9.17, 15) is 14.4 Å². The number of hydrogen-bond acceptors (Lipinski definition) is 6. The second kappa shape index (κ2) is 10.7. The fourth-order valence-corrected chi connectivity index (χ4v) is 3.18. The first-order chi connectivity index (χ1) is 13.7. The number of hydrogen-bond donors (Lipinski definition) is 2. The molecule has 0 saturated heterocycles. The maximum Gasteiger partial charge on any atom is 0.408 e. The van der Waals surface area contributed by atoms with Gasteiger partial charge in [0.15, 0.2) is 0 Å². The number of nitrogens with zero attached hydrogens (tertiary/aromatic N) is 2. The maximum absolute atomic E-state index is 12.7. The van der Waals surface area contributed by atoms with E-state index >= 15 is 0 Å². The van der Waals surface area contributed by atoms with E-state index in [2.05, 4.69) is 15.6 Å². The summed E-state index contributed by atoms with van der Waals surface area (Å²) in [5.74, 6) is -0.0742. The van der Waals surface area contributed by atoms with Gasteiger partial charge >= 0.3 is 6.09 Å². The molecule has 0 saturated carbocycles. The SMILES string of the molecule is CC(C)(C)OC(=O)N[C@H](CSCC(=O)NCc1cccnc1)C(=O)n1cccc1. The summed E-state index contributed by atoms with van der Waals surface area (Å²) in [5, 5.41) is 5.40. The summed E-state index contributed by atoms with van der Waals surface area (Å²) in [4.78, 5) is 40.8. The molecule has 0 aliphatic rings. The summed E-state index contributed by atoms with van der Waals surface area (Å²) >= 11 is 1.26. The summed E-state index contributed by atoms with van der Waals surface area (Å²) < 4.78 is 6.64. The third-order valence-corrected chi connectivity index (χ3v) is 4.61. The van der Waals surface area contributed by atoms with Gasteiger partial charge in [-0.3, -0.25) is 19.1 Å². The monoisotopic (exact) mass is 418 g/mol. The maximum atomic E-state index is 12.7. The Labute approximate surface area is 174 Å². The highest BCUT2D eigenvalue weighted by molar-refractivity contribution is 8.00. The second-order valence-electron chi connectivity index (χ2n) is 7.28. The van der Waals surface area contributed by atoms with Gasteiger partial charge in [0.25, 0.3) is 5.91 Å². The first kappa shape index (κ1) is 22.5. The van der Waals surface area contributed by atoms with Crippen LogP contribution in [0.25, 0.3) is 0 Å². The van der Waals surface area contributed by atoms with Crippen LogP contribution >= 0.6 is 11.8 Å². The Hall–Kier alpha value is -2.81. The number of nitrogens with one attached hydrogen (secondary N) is 2. The molecule has 9 heteroatoms. The molecule has 0 aliphatic carbocycles. The molecule has 2 heterocycles. The van der Waals surface area contributed by atoms with Gasteiger partial charge in [0, 0.05) is 37.1 Å². The Morgan fingerprint density at radius 1 is 1.21 bits per heavy atom. The van der Waals surface area contributed by atoms with Gasteiger partial charge < -0.3 is 15.4 Å². The lowest BCUT2D eigenvalue weighted by molar-refractivity contribution is -0.118. The lowest BCUT2D eigenvalue weighted by Crippen LogP contribution is -2.46. The fourth-order valence-electron chi connectivity index (χ4n) is 2.31. The predicted octanol–water partition coefficient (Wildman–Crippen LogP) is 2.47. The molecule has 2 aromatic heterocycles. The van der Waals surface area contributed by atoms with Crippen molar-refractivity contribution in [3.63, 3.8) is 0 Å². The second-order valence-corrected chi connectivity index (χ2v) is 8.31. The van der Waals surface area contributed by atoms with E-state index in [1.54, 1.807) is 63.8 Å². The molecule has 0 fully saturated rings. The summed E-state index contributed by atoms with van der Waals surface area (Å²) in [6, 6.07) is 6.30. The lowest BCUT2D eigenvalue weighted by atomic mass is 10.2. The lowest BCUT2D eigenvalue weighted by Gasteiger charge is -2.23. The predicted molar refractivity (Wildman–Crippen MR) is 112 cm³/mol. The molecular formula is C20H26N4O4S. The molecule has 2 rings (SSSR count). The Bertz CT molecular complexity index is 804. The van der Waals surface area contributed by atoms with Crippen molar-refractivity contribution in [2.45, 2.75) is 39.0 Å². The molecule has 0 aliphatic heterocycles. The largest absolute Gasteiger partial charge is 0.444 e. The number of amides is 2. The van der Waals surface area contributed by atoms with E-state index < -0.39 is 17.7 Å². The van der Waals surface area contributed by atoms with Crippen LogP contribution in [0.4, 0.5) is 4.79 Å². The minimum Gasteiger partial charge on any atom is -0.444 e. The number of rotatable bonds is 8. The number of alkyl carbamates (subject to hydrolysis) is 1. The minimum atomic E-state index is -0.826. The summed E-state index contributed by atoms with van der Waals surface area (Å²) in [6.07, 6.45) is 5.89. The smallest absolute Gasteiger partial charge is 0.408 e. The Morgan fingerprint density at radius 2 is 1.93 bits per heavy atom. The molecule has 0 radical (unpaired) electrons. The van der Waals surface area contributed by atoms with Crippen molar-refractivity contribution in [2.75, 3.05) is 11.5 Å². The molecule has 2 N–H and O–H groups in total. The van der Waals surface area contributed by atoms with E-state index in [1.165, 1.54) is 16.3 Å². The van der Waals surface area contributed by atoms with Gasteiger partial charge in [-0.25, -0.2) is 4.79 Å². The van der Waals surface area contributed by atoms with Gasteiger partial charge in [-0.05, 0) is 44.5 Å². The molecule has 2 aromatic rings. The first-order valence-corrected chi connectivity index (χ1v) is 10.3. The van der Waals surface area contributed by atoms with Crippen molar-refractivity contribution < 1.29 is 19.1 Å². The molecule has 0 aromatic carbocycles. The van der Waals surface area contributed by atoms with Crippen molar-refractivity contribution in [3.05, 3.63) is 54.6 Å². The highest BCUT2D eigenvalue weighted by atomic mass is 32.2. The third-order valence-electron chi connectivity index (χ3n) is 3.58. The molecule has 0 unspecified atom stereocenters. The zero-order valence-corrected chi connectivity index (χ0v) is 17.6. The minimum absolute atomic E-state index is 0.158. The molecule has 1 atom stereocenters. The van der Waals surface area contributed by atoms with Crippen LogP contribution < -0.4 is 10.6 Å². The van der Waals surface area contributed by atoms with Crippen LogP contribution in [0.3, 0.4) is 0 Å². The van der Waals surface area contributed by atoms with Crippen molar-refractivity contribution in [1.82, 2.24) is 20.2 Å². The number of carbonyl (C=O) groups excluding carboxylic acids is 3. The van der Waals surface area contributed by atoms with Crippen molar-refractivity contribution >= 4 is 29.7 Å². The van der Waals surface area contributed by atoms with Gasteiger partial charge in [0.2, 0.25) is 5.91 Å². The van der Waals surface area contributed by atoms with E-state index in [4.69, 9.17) is 4.74 Å². The topological polar surface area (TPSA) is 102 Å². The summed E-state index contributed by atoms with van der Waals surface area (Å²) in [6.45, 7) is 5.62. The standard InChI is InChI=1S/C20H26N4O4S/c1-20(2,3)28-19(27)23-16(18(26)24-9-4-5-10-24)13-29-14-17(25)22-12-15-7-6-8-21-11-15/h4-11,16H,12-14H2,1-3H3,(H,22,25)(H,23,27)/t16-/m1/s1. The van der Waals surface area contributed by atoms with Gasteiger partial charge in [-0.1, -0.05) is 6.07 Å². The Morgan fingerprint density at radius 3 is 2.55 bits per heavy atom. The van der Waals surface area contributed by atoms with Crippen LogP contribution in [0, 0.1) is 0 Å². The highest BCUT2D eigenvalue weighted by Gasteiger charge is 2.25. The fraction of sp³-hybridized carbons (Fsp3) is 0.400. The average molecular weight is 419 g/mol. The summed E-state index contributed by atoms with van der Waals surface area (Å²) in [5.41, 5.74) is 0.225. The van der Waals surface area contributed by atoms with Crippen LogP contribution in [0.1, 0.15) is 31.1 Å². The molecule has 29 heavy (non-hydrogen) atoms. The Balaban J connectivity index is 1.87. The number of thioether (sulfide) groups is 1. The number of pyridine rings is 1. The van der Waals surface area contributed by atoms with Crippen LogP contribution in [0.5, 0.6) is 0 Å². The van der Waals surface area contributed by atoms with Gasteiger partial charge in [-0.15, -0.1) is 11.8 Å². The van der Waals surface area contributed by atoms with E-state index in [0.29, 0.717) is 6.54 Å². The third kappa shape index (κ3) is 8.39. The highest BCUT2D eigenvalue weighted by Crippen LogP contribution is 2.10. The van der Waals surface area contributed by atoms with Gasteiger partial charge in [0.1, 0.15) is 11.6 Å². The average Bonchev–Trinajstić information content (AvgIpc) is 3.19. The number of ether oxygens (including phenoxy) is 1. The molecule has 156 valence electrons. The number of carbonyl (C=O) groups is 3. The molecular weight excluding hydrogens is 392 g/mol. The molecule has 8 nitrogen and oxygen atoms in total. The zero-order chi connectivity index (χ0) is 21.3. The normalized spacial score (nSPS) is 12.1. The van der Waals surface area contributed by atoms with Crippen molar-refractivity contribution in [2.24, 2.45) is 0 Å².